The number of fused-ring (bicyclic) bond motifs is 1. The van der Waals surface area contributed by atoms with Crippen molar-refractivity contribution in [1.29, 1.82) is 0 Å². The van der Waals surface area contributed by atoms with Crippen LogP contribution in [0.25, 0.3) is 22.0 Å². The second-order valence-corrected chi connectivity index (χ2v) is 12.3. The smallest absolute Gasteiger partial charge is 0.257 e. The predicted octanol–water partition coefficient (Wildman–Crippen LogP) is 5.17. The summed E-state index contributed by atoms with van der Waals surface area (Å²) in [6, 6.07) is 20.5. The van der Waals surface area contributed by atoms with E-state index in [1.165, 1.54) is 11.8 Å². The number of aromatic nitrogens is 1. The van der Waals surface area contributed by atoms with Gasteiger partial charge in [-0.3, -0.25) is 29.5 Å². The number of likely N-dealkylation sites (N-methyl/N-ethyl adjacent to an activating group) is 1. The van der Waals surface area contributed by atoms with Crippen LogP contribution >= 0.6 is 11.3 Å². The maximum Gasteiger partial charge on any atom is 0.257 e. The molecule has 0 unspecified atom stereocenters. The normalized spacial score (nSPS) is 12.4. The maximum absolute atomic E-state index is 14.6. The van der Waals surface area contributed by atoms with Crippen LogP contribution in [0.15, 0.2) is 89.8 Å². The number of benzene rings is 3. The van der Waals surface area contributed by atoms with Gasteiger partial charge in [0.25, 0.3) is 17.7 Å². The van der Waals surface area contributed by atoms with Gasteiger partial charge in [0, 0.05) is 49.5 Å². The van der Waals surface area contributed by atoms with Crippen LogP contribution < -0.4 is 11.3 Å². The summed E-state index contributed by atoms with van der Waals surface area (Å²) in [7, 11) is 1.55. The Morgan fingerprint density at radius 2 is 1.59 bits per heavy atom. The number of para-hydroxylation sites is 1. The molecule has 0 spiro atoms. The number of thiophene rings is 1. The van der Waals surface area contributed by atoms with E-state index in [0.717, 1.165) is 49.2 Å². The van der Waals surface area contributed by atoms with Gasteiger partial charge in [-0.1, -0.05) is 59.7 Å². The third-order valence-corrected chi connectivity index (χ3v) is 8.88. The van der Waals surface area contributed by atoms with Crippen molar-refractivity contribution in [1.82, 2.24) is 20.2 Å². The molecule has 0 aliphatic carbocycles. The van der Waals surface area contributed by atoms with Gasteiger partial charge in [-0.15, -0.1) is 0 Å². The lowest BCUT2D eigenvalue weighted by Crippen LogP contribution is -2.59. The number of rotatable bonds is 10. The van der Waals surface area contributed by atoms with Gasteiger partial charge in [-0.25, -0.2) is 5.84 Å². The first-order valence-electron chi connectivity index (χ1n) is 14.9. The van der Waals surface area contributed by atoms with Crippen molar-refractivity contribution in [2.45, 2.75) is 45.7 Å². The topological polar surface area (TPSA) is 129 Å². The molecule has 46 heavy (non-hydrogen) atoms. The molecule has 3 aromatic carbocycles. The molecule has 10 heteroatoms. The number of carbonyl (C=O) groups excluding carboxylic acids is 4. The van der Waals surface area contributed by atoms with Crippen molar-refractivity contribution in [3.8, 4) is 11.1 Å². The summed E-state index contributed by atoms with van der Waals surface area (Å²) in [6.07, 6.45) is 1.89. The molecule has 5 aromatic rings. The molecule has 4 N–H and O–H groups in total. The van der Waals surface area contributed by atoms with Crippen molar-refractivity contribution in [2.24, 2.45) is 5.84 Å². The van der Waals surface area contributed by atoms with Crippen LogP contribution in [0.1, 0.15) is 39.5 Å². The Morgan fingerprint density at radius 1 is 0.891 bits per heavy atom. The van der Waals surface area contributed by atoms with Gasteiger partial charge in [0.2, 0.25) is 5.91 Å². The quantitative estimate of drug-likeness (QED) is 0.111. The largest absolute Gasteiger partial charge is 0.361 e. The van der Waals surface area contributed by atoms with Gasteiger partial charge in [0.05, 0.1) is 0 Å². The average Bonchev–Trinajstić information content (AvgIpc) is 3.73. The lowest BCUT2D eigenvalue weighted by molar-refractivity contribution is -0.153. The van der Waals surface area contributed by atoms with Crippen LogP contribution in [-0.2, 0) is 27.2 Å². The zero-order chi connectivity index (χ0) is 33.0. The second-order valence-electron chi connectivity index (χ2n) is 11.5. The minimum absolute atomic E-state index is 0.0230. The minimum atomic E-state index is -1.26. The van der Waals surface area contributed by atoms with Crippen LogP contribution in [-0.4, -0.2) is 57.5 Å². The van der Waals surface area contributed by atoms with Crippen LogP contribution in [0.4, 0.5) is 0 Å². The predicted molar refractivity (Wildman–Crippen MR) is 181 cm³/mol. The Morgan fingerprint density at radius 3 is 2.22 bits per heavy atom. The van der Waals surface area contributed by atoms with Crippen LogP contribution in [0.2, 0.25) is 0 Å². The number of amides is 4. The minimum Gasteiger partial charge on any atom is -0.361 e. The molecule has 0 aliphatic rings. The first-order chi connectivity index (χ1) is 22.1. The highest BCUT2D eigenvalue weighted by Gasteiger charge is 2.39. The molecule has 5 rings (SSSR count). The summed E-state index contributed by atoms with van der Waals surface area (Å²) < 4.78 is 0. The zero-order valence-corrected chi connectivity index (χ0v) is 27.1. The fraction of sp³-hybridized carbons (Fsp3) is 0.222. The first-order valence-corrected chi connectivity index (χ1v) is 15.9. The average molecular weight is 636 g/mol. The maximum atomic E-state index is 14.6. The number of H-pyrrole nitrogens is 1. The number of aromatic amines is 1. The Bertz CT molecular complexity index is 1860. The molecule has 0 aliphatic heterocycles. The number of hydrazine groups is 1. The van der Waals surface area contributed by atoms with Crippen LogP contribution in [0, 0.1) is 13.8 Å². The van der Waals surface area contributed by atoms with Crippen molar-refractivity contribution >= 4 is 45.9 Å². The first kappa shape index (κ1) is 32.3. The summed E-state index contributed by atoms with van der Waals surface area (Å²) in [5, 5.41) is 4.92. The Labute approximate surface area is 272 Å². The van der Waals surface area contributed by atoms with Crippen LogP contribution in [0.5, 0.6) is 0 Å². The van der Waals surface area contributed by atoms with E-state index in [1.807, 2.05) is 79.9 Å². The van der Waals surface area contributed by atoms with E-state index in [-0.39, 0.29) is 18.7 Å². The summed E-state index contributed by atoms with van der Waals surface area (Å²) in [5.41, 5.74) is 8.88. The second kappa shape index (κ2) is 13.9. The SMILES string of the molecule is CC(=O)N(C(=O)[C@H](Cc1ccc(-c2ccsc2)cc1)N(C)C(=O)c1cc(C)cc(C)c1)[C@@H](Cc1c[nH]c2ccccc12)C(=O)NN. The monoisotopic (exact) mass is 635 g/mol. The van der Waals surface area contributed by atoms with E-state index >= 15 is 0 Å². The van der Waals surface area contributed by atoms with Crippen LogP contribution in [0.3, 0.4) is 0 Å². The van der Waals surface area contributed by atoms with E-state index < -0.39 is 29.8 Å². The van der Waals surface area contributed by atoms with E-state index in [0.29, 0.717) is 5.56 Å². The summed E-state index contributed by atoms with van der Waals surface area (Å²) >= 11 is 1.60. The molecule has 0 fully saturated rings. The van der Waals surface area contributed by atoms with Gasteiger partial charge >= 0.3 is 0 Å². The highest BCUT2D eigenvalue weighted by Crippen LogP contribution is 2.25. The number of hydrogen-bond donors (Lipinski definition) is 3. The van der Waals surface area contributed by atoms with E-state index in [4.69, 9.17) is 5.84 Å². The third-order valence-electron chi connectivity index (χ3n) is 8.20. The molecule has 236 valence electrons. The van der Waals surface area contributed by atoms with Gasteiger partial charge in [0.1, 0.15) is 12.1 Å². The molecule has 0 saturated heterocycles. The molecule has 2 heterocycles. The van der Waals surface area contributed by atoms with Crippen molar-refractivity contribution in [3.63, 3.8) is 0 Å². The highest BCUT2D eigenvalue weighted by molar-refractivity contribution is 7.08. The fourth-order valence-electron chi connectivity index (χ4n) is 5.91. The molecular formula is C36H37N5O4S. The van der Waals surface area contributed by atoms with Gasteiger partial charge in [-0.2, -0.15) is 11.3 Å². The van der Waals surface area contributed by atoms with E-state index in [9.17, 15) is 19.2 Å². The van der Waals surface area contributed by atoms with E-state index in [2.05, 4.69) is 15.8 Å². The lowest BCUT2D eigenvalue weighted by Gasteiger charge is -2.35. The molecular weight excluding hydrogens is 598 g/mol. The number of nitrogens with zero attached hydrogens (tertiary/aromatic N) is 2. The summed E-state index contributed by atoms with van der Waals surface area (Å²) in [4.78, 5) is 60.6. The number of nitrogens with one attached hydrogen (secondary N) is 2. The summed E-state index contributed by atoms with van der Waals surface area (Å²) in [5.74, 6) is 3.21. The molecule has 9 nitrogen and oxygen atoms in total. The molecule has 2 atom stereocenters. The molecule has 0 saturated carbocycles. The Kier molecular flexibility index (Phi) is 9.79. The standard InChI is InChI=1S/C36H37N5O4S/c1-22-15-23(2)17-28(16-22)35(44)40(4)33(18-25-9-11-26(12-10-25)27-13-14-46-21-27)36(45)41(24(3)42)32(34(43)39-37)19-29-20-38-31-8-6-5-7-30(29)31/h5-17,20-21,32-33,38H,18-19,37H2,1-4H3,(H,39,43)/t32-,33-/m0/s1. The molecule has 0 radical (unpaired) electrons. The molecule has 4 amide bonds. The Hall–Kier alpha value is -5.06. The lowest BCUT2D eigenvalue weighted by atomic mass is 9.97. The van der Waals surface area contributed by atoms with Crippen molar-refractivity contribution < 1.29 is 19.2 Å². The Balaban J connectivity index is 1.53. The zero-order valence-electron chi connectivity index (χ0n) is 26.2. The molecule has 2 aromatic heterocycles. The number of hydrogen-bond acceptors (Lipinski definition) is 6. The van der Waals surface area contributed by atoms with E-state index in [1.54, 1.807) is 36.7 Å². The number of nitrogens with two attached hydrogens (primary N) is 1. The van der Waals surface area contributed by atoms with Gasteiger partial charge < -0.3 is 9.88 Å². The third kappa shape index (κ3) is 6.93. The number of imide groups is 1. The van der Waals surface area contributed by atoms with Crippen molar-refractivity contribution in [3.05, 3.63) is 118 Å². The highest BCUT2D eigenvalue weighted by atomic mass is 32.1. The van der Waals surface area contributed by atoms with Gasteiger partial charge in [0.15, 0.2) is 0 Å². The fourth-order valence-corrected chi connectivity index (χ4v) is 6.58. The van der Waals surface area contributed by atoms with Crippen molar-refractivity contribution in [2.75, 3.05) is 7.05 Å². The molecule has 0 bridgehead atoms. The number of carbonyl (C=O) groups is 4. The van der Waals surface area contributed by atoms with Gasteiger partial charge in [-0.05, 0) is 71.1 Å². The number of aryl methyl sites for hydroxylation is 2. The summed E-state index contributed by atoms with van der Waals surface area (Å²) in [6.45, 7) is 5.04.